The van der Waals surface area contributed by atoms with Crippen molar-refractivity contribution in [1.82, 2.24) is 10.3 Å². The third-order valence-corrected chi connectivity index (χ3v) is 4.62. The number of carboxylic acid groups (broad SMARTS) is 1. The van der Waals surface area contributed by atoms with Gasteiger partial charge in [0.25, 0.3) is 0 Å². The summed E-state index contributed by atoms with van der Waals surface area (Å²) in [6, 6.07) is 6.41. The van der Waals surface area contributed by atoms with Gasteiger partial charge >= 0.3 is 12.1 Å². The molecule has 1 aromatic carbocycles. The molecule has 2 rings (SSSR count). The van der Waals surface area contributed by atoms with Crippen LogP contribution >= 0.6 is 11.3 Å². The molecule has 0 bridgehead atoms. The van der Waals surface area contributed by atoms with Crippen LogP contribution in [0.15, 0.2) is 29.8 Å². The van der Waals surface area contributed by atoms with Gasteiger partial charge < -0.3 is 15.2 Å². The van der Waals surface area contributed by atoms with Crippen LogP contribution in [0.25, 0.3) is 10.4 Å². The van der Waals surface area contributed by atoms with Crippen molar-refractivity contribution in [2.24, 2.45) is 0 Å². The SMILES string of the molecule is Cc1ncsc1-c1ccc(C(CC(=O)C(=O)O)NC(=O)OC(C)(C)C)cc1. The van der Waals surface area contributed by atoms with Crippen LogP contribution in [0.5, 0.6) is 0 Å². The summed E-state index contributed by atoms with van der Waals surface area (Å²) < 4.78 is 5.21. The molecule has 1 unspecified atom stereocenters. The highest BCUT2D eigenvalue weighted by molar-refractivity contribution is 7.13. The molecule has 0 saturated heterocycles. The Bertz CT molecular complexity index is 837. The molecule has 27 heavy (non-hydrogen) atoms. The Balaban J connectivity index is 2.24. The number of carbonyl (C=O) groups is 3. The number of Topliss-reactive ketones (excluding diaryl/α,β-unsaturated/α-hetero) is 1. The first-order valence-corrected chi connectivity index (χ1v) is 9.21. The van der Waals surface area contributed by atoms with Crippen molar-refractivity contribution in [3.8, 4) is 10.4 Å². The van der Waals surface area contributed by atoms with E-state index >= 15 is 0 Å². The molecule has 0 fully saturated rings. The molecule has 1 amide bonds. The van der Waals surface area contributed by atoms with Gasteiger partial charge in [0.15, 0.2) is 0 Å². The van der Waals surface area contributed by atoms with Crippen molar-refractivity contribution < 1.29 is 24.2 Å². The third-order valence-electron chi connectivity index (χ3n) is 3.64. The van der Waals surface area contributed by atoms with Gasteiger partial charge in [0.1, 0.15) is 5.60 Å². The highest BCUT2D eigenvalue weighted by atomic mass is 32.1. The van der Waals surface area contributed by atoms with Crippen molar-refractivity contribution in [3.05, 3.63) is 41.0 Å². The van der Waals surface area contributed by atoms with Crippen molar-refractivity contribution in [2.75, 3.05) is 0 Å². The van der Waals surface area contributed by atoms with Gasteiger partial charge in [-0.2, -0.15) is 0 Å². The Labute approximate surface area is 161 Å². The summed E-state index contributed by atoms with van der Waals surface area (Å²) in [5, 5.41) is 11.5. The van der Waals surface area contributed by atoms with Gasteiger partial charge in [-0.3, -0.25) is 4.79 Å². The Hall–Kier alpha value is -2.74. The highest BCUT2D eigenvalue weighted by Gasteiger charge is 2.25. The van der Waals surface area contributed by atoms with E-state index in [0.29, 0.717) is 5.56 Å². The van der Waals surface area contributed by atoms with E-state index in [1.54, 1.807) is 38.4 Å². The molecule has 2 aromatic rings. The summed E-state index contributed by atoms with van der Waals surface area (Å²) in [6.45, 7) is 7.07. The molecule has 0 saturated carbocycles. The lowest BCUT2D eigenvalue weighted by Crippen LogP contribution is -2.36. The second kappa shape index (κ2) is 8.30. The first-order valence-electron chi connectivity index (χ1n) is 8.33. The number of amides is 1. The standard InChI is InChI=1S/C19H22N2O5S/c1-11-16(27-10-20-11)13-7-5-12(6-8-13)14(9-15(22)17(23)24)21-18(25)26-19(2,3)4/h5-8,10,14H,9H2,1-4H3,(H,21,25)(H,23,24). The fourth-order valence-corrected chi connectivity index (χ4v) is 3.23. The normalized spacial score (nSPS) is 12.3. The van der Waals surface area contributed by atoms with Crippen LogP contribution in [0, 0.1) is 6.92 Å². The molecule has 7 nitrogen and oxygen atoms in total. The number of ether oxygens (including phenoxy) is 1. The minimum absolute atomic E-state index is 0.368. The minimum Gasteiger partial charge on any atom is -0.475 e. The van der Waals surface area contributed by atoms with E-state index in [1.807, 2.05) is 19.1 Å². The first-order chi connectivity index (χ1) is 12.6. The molecule has 8 heteroatoms. The molecular formula is C19H22N2O5S. The number of alkyl carbamates (subject to hydrolysis) is 1. The third kappa shape index (κ3) is 5.89. The van der Waals surface area contributed by atoms with Gasteiger partial charge in [0, 0.05) is 6.42 Å². The van der Waals surface area contributed by atoms with E-state index in [0.717, 1.165) is 16.1 Å². The molecule has 144 valence electrons. The molecule has 1 aromatic heterocycles. The summed E-state index contributed by atoms with van der Waals surface area (Å²) in [5.74, 6) is -2.53. The zero-order valence-electron chi connectivity index (χ0n) is 15.6. The number of carbonyl (C=O) groups excluding carboxylic acids is 2. The number of nitrogens with one attached hydrogen (secondary N) is 1. The lowest BCUT2D eigenvalue weighted by molar-refractivity contribution is -0.149. The molecular weight excluding hydrogens is 368 g/mol. The maximum atomic E-state index is 12.1. The van der Waals surface area contributed by atoms with Crippen LogP contribution in [-0.2, 0) is 14.3 Å². The second-order valence-electron chi connectivity index (χ2n) is 7.02. The number of nitrogens with zero attached hydrogens (tertiary/aromatic N) is 1. The summed E-state index contributed by atoms with van der Waals surface area (Å²) in [7, 11) is 0. The Kier molecular flexibility index (Phi) is 6.32. The fourth-order valence-electron chi connectivity index (χ4n) is 2.42. The molecule has 0 aliphatic rings. The van der Waals surface area contributed by atoms with E-state index in [2.05, 4.69) is 10.3 Å². The quantitative estimate of drug-likeness (QED) is 0.728. The smallest absolute Gasteiger partial charge is 0.408 e. The maximum absolute atomic E-state index is 12.1. The number of aliphatic carboxylic acids is 1. The predicted octanol–water partition coefficient (Wildman–Crippen LogP) is 3.73. The average molecular weight is 390 g/mol. The predicted molar refractivity (Wildman–Crippen MR) is 102 cm³/mol. The topological polar surface area (TPSA) is 106 Å². The molecule has 0 radical (unpaired) electrons. The number of benzene rings is 1. The number of carboxylic acids is 1. The second-order valence-corrected chi connectivity index (χ2v) is 7.87. The highest BCUT2D eigenvalue weighted by Crippen LogP contribution is 2.29. The number of hydrogen-bond acceptors (Lipinski definition) is 6. The molecule has 2 N–H and O–H groups in total. The van der Waals surface area contributed by atoms with Gasteiger partial charge in [0.2, 0.25) is 5.78 Å². The molecule has 1 atom stereocenters. The van der Waals surface area contributed by atoms with E-state index in [-0.39, 0.29) is 6.42 Å². The molecule has 0 spiro atoms. The number of rotatable bonds is 6. The van der Waals surface area contributed by atoms with E-state index in [1.165, 1.54) is 11.3 Å². The van der Waals surface area contributed by atoms with Gasteiger partial charge in [-0.05, 0) is 38.8 Å². The van der Waals surface area contributed by atoms with Crippen LogP contribution < -0.4 is 5.32 Å². The zero-order valence-corrected chi connectivity index (χ0v) is 16.4. The van der Waals surface area contributed by atoms with Crippen molar-refractivity contribution in [2.45, 2.75) is 45.8 Å². The molecule has 1 heterocycles. The lowest BCUT2D eigenvalue weighted by Gasteiger charge is -2.23. The zero-order chi connectivity index (χ0) is 20.2. The van der Waals surface area contributed by atoms with Gasteiger partial charge in [0.05, 0.1) is 22.1 Å². The van der Waals surface area contributed by atoms with Crippen LogP contribution in [0.3, 0.4) is 0 Å². The van der Waals surface area contributed by atoms with E-state index < -0.39 is 29.5 Å². The Morgan fingerprint density at radius 1 is 1.22 bits per heavy atom. The summed E-state index contributed by atoms with van der Waals surface area (Å²) >= 11 is 1.52. The van der Waals surface area contributed by atoms with Gasteiger partial charge in [-0.15, -0.1) is 11.3 Å². The number of aryl methyl sites for hydroxylation is 1. The first kappa shape index (κ1) is 20.6. The monoisotopic (exact) mass is 390 g/mol. The number of thiazole rings is 1. The van der Waals surface area contributed by atoms with E-state index in [4.69, 9.17) is 9.84 Å². The van der Waals surface area contributed by atoms with Crippen LogP contribution in [0.4, 0.5) is 4.79 Å². The Morgan fingerprint density at radius 2 is 1.85 bits per heavy atom. The number of ketones is 1. The number of aromatic nitrogens is 1. The molecule has 0 aliphatic carbocycles. The van der Waals surface area contributed by atoms with Gasteiger partial charge in [-0.1, -0.05) is 24.3 Å². The van der Waals surface area contributed by atoms with Crippen LogP contribution in [-0.4, -0.2) is 33.5 Å². The van der Waals surface area contributed by atoms with E-state index in [9.17, 15) is 14.4 Å². The lowest BCUT2D eigenvalue weighted by atomic mass is 9.99. The average Bonchev–Trinajstić information content (AvgIpc) is 2.98. The Morgan fingerprint density at radius 3 is 2.33 bits per heavy atom. The van der Waals surface area contributed by atoms with Crippen LogP contribution in [0.2, 0.25) is 0 Å². The van der Waals surface area contributed by atoms with Crippen molar-refractivity contribution in [1.29, 1.82) is 0 Å². The van der Waals surface area contributed by atoms with Gasteiger partial charge in [-0.25, -0.2) is 14.6 Å². The van der Waals surface area contributed by atoms with Crippen molar-refractivity contribution >= 4 is 29.2 Å². The number of hydrogen-bond donors (Lipinski definition) is 2. The van der Waals surface area contributed by atoms with Crippen molar-refractivity contribution in [3.63, 3.8) is 0 Å². The summed E-state index contributed by atoms with van der Waals surface area (Å²) in [4.78, 5) is 40.0. The maximum Gasteiger partial charge on any atom is 0.408 e. The fraction of sp³-hybridized carbons (Fsp3) is 0.368. The molecule has 0 aliphatic heterocycles. The summed E-state index contributed by atoms with van der Waals surface area (Å²) in [5.41, 5.74) is 3.54. The largest absolute Gasteiger partial charge is 0.475 e. The minimum atomic E-state index is -1.54. The van der Waals surface area contributed by atoms with Crippen LogP contribution in [0.1, 0.15) is 44.5 Å². The summed E-state index contributed by atoms with van der Waals surface area (Å²) in [6.07, 6.45) is -1.08.